The van der Waals surface area contributed by atoms with Crippen molar-refractivity contribution in [2.45, 2.75) is 12.3 Å². The molecule has 0 amide bonds. The van der Waals surface area contributed by atoms with Crippen molar-refractivity contribution in [2.75, 3.05) is 7.11 Å². The van der Waals surface area contributed by atoms with E-state index in [9.17, 15) is 27.9 Å². The van der Waals surface area contributed by atoms with E-state index in [0.717, 1.165) is 17.6 Å². The summed E-state index contributed by atoms with van der Waals surface area (Å²) >= 11 is 0. The first kappa shape index (κ1) is 18.4. The molecule has 1 atom stereocenters. The van der Waals surface area contributed by atoms with E-state index in [1.54, 1.807) is 6.07 Å². The molecular formula is C18H13F3N2O4. The van der Waals surface area contributed by atoms with E-state index in [-0.39, 0.29) is 5.65 Å². The average molecular weight is 378 g/mol. The molecule has 3 rings (SSSR count). The second-order valence-corrected chi connectivity index (χ2v) is 5.68. The molecule has 2 heterocycles. The summed E-state index contributed by atoms with van der Waals surface area (Å²) < 4.78 is 47.0. The quantitative estimate of drug-likeness (QED) is 0.557. The van der Waals surface area contributed by atoms with Crippen LogP contribution >= 0.6 is 0 Å². The molecule has 0 fully saturated rings. The van der Waals surface area contributed by atoms with Crippen LogP contribution in [0.4, 0.5) is 13.2 Å². The largest absolute Gasteiger partial charge is 0.493 e. The number of esters is 1. The number of fused-ring (bicyclic) bond motifs is 1. The lowest BCUT2D eigenvalue weighted by atomic mass is 9.89. The SMILES string of the molecule is COC(=O)C[C@@H](c1ccc(F)c(F)c1F)c1c(O)nc2ccccn2c1=O. The van der Waals surface area contributed by atoms with Gasteiger partial charge in [-0.15, -0.1) is 0 Å². The molecule has 6 nitrogen and oxygen atoms in total. The zero-order chi connectivity index (χ0) is 19.7. The Labute approximate surface area is 150 Å². The number of rotatable bonds is 4. The maximum atomic E-state index is 14.4. The Kier molecular flexibility index (Phi) is 4.85. The van der Waals surface area contributed by atoms with Gasteiger partial charge in [0.1, 0.15) is 5.65 Å². The fraction of sp³-hybridized carbons (Fsp3) is 0.167. The summed E-state index contributed by atoms with van der Waals surface area (Å²) in [5.41, 5.74) is -1.58. The van der Waals surface area contributed by atoms with Gasteiger partial charge in [-0.2, -0.15) is 4.98 Å². The Morgan fingerprint density at radius 3 is 2.67 bits per heavy atom. The van der Waals surface area contributed by atoms with E-state index in [1.807, 2.05) is 0 Å². The van der Waals surface area contributed by atoms with Crippen LogP contribution in [-0.2, 0) is 9.53 Å². The summed E-state index contributed by atoms with van der Waals surface area (Å²) in [7, 11) is 1.08. The van der Waals surface area contributed by atoms with Crippen LogP contribution in [0.1, 0.15) is 23.5 Å². The number of ether oxygens (including phenoxy) is 1. The zero-order valence-electron chi connectivity index (χ0n) is 13.9. The third-order valence-electron chi connectivity index (χ3n) is 4.14. The van der Waals surface area contributed by atoms with E-state index in [4.69, 9.17) is 0 Å². The molecule has 1 N–H and O–H groups in total. The molecule has 0 bridgehead atoms. The molecule has 0 radical (unpaired) electrons. The van der Waals surface area contributed by atoms with Crippen molar-refractivity contribution < 1.29 is 27.8 Å². The molecule has 0 aliphatic heterocycles. The van der Waals surface area contributed by atoms with Gasteiger partial charge in [0, 0.05) is 12.1 Å². The number of carbonyl (C=O) groups excluding carboxylic acids is 1. The van der Waals surface area contributed by atoms with Crippen molar-refractivity contribution in [2.24, 2.45) is 0 Å². The van der Waals surface area contributed by atoms with Crippen LogP contribution in [0.3, 0.4) is 0 Å². The predicted molar refractivity (Wildman–Crippen MR) is 87.9 cm³/mol. The summed E-state index contributed by atoms with van der Waals surface area (Å²) in [6.45, 7) is 0. The summed E-state index contributed by atoms with van der Waals surface area (Å²) in [5, 5.41) is 10.3. The topological polar surface area (TPSA) is 80.9 Å². The van der Waals surface area contributed by atoms with Crippen molar-refractivity contribution in [3.05, 3.63) is 75.5 Å². The number of nitrogens with zero attached hydrogens (tertiary/aromatic N) is 2. The number of pyridine rings is 1. The molecule has 140 valence electrons. The predicted octanol–water partition coefficient (Wildman–Crippen LogP) is 2.51. The Morgan fingerprint density at radius 2 is 1.96 bits per heavy atom. The number of benzene rings is 1. The van der Waals surface area contributed by atoms with Crippen LogP contribution in [0, 0.1) is 17.5 Å². The third kappa shape index (κ3) is 3.23. The smallest absolute Gasteiger partial charge is 0.306 e. The van der Waals surface area contributed by atoms with Gasteiger partial charge in [0.25, 0.3) is 5.56 Å². The Balaban J connectivity index is 2.30. The fourth-order valence-electron chi connectivity index (χ4n) is 2.82. The van der Waals surface area contributed by atoms with Crippen LogP contribution in [0.15, 0.2) is 41.3 Å². The van der Waals surface area contributed by atoms with E-state index in [2.05, 4.69) is 9.72 Å². The minimum atomic E-state index is -1.75. The van der Waals surface area contributed by atoms with Crippen molar-refractivity contribution in [3.8, 4) is 5.88 Å². The fourth-order valence-corrected chi connectivity index (χ4v) is 2.82. The van der Waals surface area contributed by atoms with Crippen LogP contribution in [0.25, 0.3) is 5.65 Å². The monoisotopic (exact) mass is 378 g/mol. The number of hydrogen-bond acceptors (Lipinski definition) is 5. The maximum absolute atomic E-state index is 14.4. The van der Waals surface area contributed by atoms with Crippen LogP contribution in [0.2, 0.25) is 0 Å². The molecule has 2 aromatic heterocycles. The minimum absolute atomic E-state index is 0.117. The first-order valence-corrected chi connectivity index (χ1v) is 7.75. The lowest BCUT2D eigenvalue weighted by Crippen LogP contribution is -2.25. The molecule has 9 heteroatoms. The highest BCUT2D eigenvalue weighted by Gasteiger charge is 2.30. The van der Waals surface area contributed by atoms with Gasteiger partial charge in [0.2, 0.25) is 5.88 Å². The third-order valence-corrected chi connectivity index (χ3v) is 4.14. The van der Waals surface area contributed by atoms with Crippen molar-refractivity contribution in [1.29, 1.82) is 0 Å². The normalized spacial score (nSPS) is 12.1. The summed E-state index contributed by atoms with van der Waals surface area (Å²) in [6, 6.07) is 6.14. The minimum Gasteiger partial charge on any atom is -0.493 e. The Hall–Kier alpha value is -3.36. The highest BCUT2D eigenvalue weighted by atomic mass is 19.2. The number of aromatic nitrogens is 2. The van der Waals surface area contributed by atoms with Gasteiger partial charge in [0.05, 0.1) is 19.1 Å². The molecule has 0 unspecified atom stereocenters. The average Bonchev–Trinajstić information content (AvgIpc) is 2.65. The standard InChI is InChI=1S/C18H13F3N2O4/c1-27-13(24)8-10(9-5-6-11(19)16(21)15(9)20)14-17(25)22-12-4-2-3-7-23(12)18(14)26/h2-7,10,25H,8H2,1H3/t10-/m0/s1. The molecule has 3 aromatic rings. The van der Waals surface area contributed by atoms with Crippen LogP contribution in [-0.4, -0.2) is 27.6 Å². The van der Waals surface area contributed by atoms with Gasteiger partial charge in [-0.05, 0) is 23.8 Å². The van der Waals surface area contributed by atoms with Crippen molar-refractivity contribution >= 4 is 11.6 Å². The molecule has 0 spiro atoms. The van der Waals surface area contributed by atoms with Gasteiger partial charge < -0.3 is 9.84 Å². The van der Waals surface area contributed by atoms with Crippen molar-refractivity contribution in [3.63, 3.8) is 0 Å². The number of carbonyl (C=O) groups is 1. The van der Waals surface area contributed by atoms with E-state index in [1.165, 1.54) is 18.3 Å². The highest BCUT2D eigenvalue weighted by Crippen LogP contribution is 2.34. The van der Waals surface area contributed by atoms with Crippen molar-refractivity contribution in [1.82, 2.24) is 9.38 Å². The molecule has 0 aliphatic carbocycles. The molecular weight excluding hydrogens is 365 g/mol. The zero-order valence-corrected chi connectivity index (χ0v) is 13.9. The van der Waals surface area contributed by atoms with E-state index >= 15 is 0 Å². The van der Waals surface area contributed by atoms with Gasteiger partial charge >= 0.3 is 5.97 Å². The van der Waals surface area contributed by atoms with E-state index in [0.29, 0.717) is 6.07 Å². The number of hydrogen-bond donors (Lipinski definition) is 1. The summed E-state index contributed by atoms with van der Waals surface area (Å²) in [4.78, 5) is 28.5. The Bertz CT molecular complexity index is 1100. The van der Waals surface area contributed by atoms with Gasteiger partial charge in [-0.1, -0.05) is 12.1 Å². The molecule has 0 saturated heterocycles. The first-order chi connectivity index (χ1) is 12.8. The maximum Gasteiger partial charge on any atom is 0.306 e. The summed E-state index contributed by atoms with van der Waals surface area (Å²) in [5.74, 6) is -7.78. The first-order valence-electron chi connectivity index (χ1n) is 7.75. The summed E-state index contributed by atoms with van der Waals surface area (Å²) in [6.07, 6.45) is 0.770. The molecule has 0 aliphatic rings. The van der Waals surface area contributed by atoms with Crippen LogP contribution < -0.4 is 5.56 Å². The number of aromatic hydroxyl groups is 1. The second kappa shape index (κ2) is 7.10. The molecule has 1 aromatic carbocycles. The van der Waals surface area contributed by atoms with Crippen LogP contribution in [0.5, 0.6) is 5.88 Å². The van der Waals surface area contributed by atoms with Gasteiger partial charge in [-0.25, -0.2) is 13.2 Å². The number of halogens is 3. The lowest BCUT2D eigenvalue weighted by molar-refractivity contribution is -0.140. The highest BCUT2D eigenvalue weighted by molar-refractivity contribution is 5.71. The second-order valence-electron chi connectivity index (χ2n) is 5.68. The van der Waals surface area contributed by atoms with E-state index < -0.39 is 58.3 Å². The molecule has 27 heavy (non-hydrogen) atoms. The molecule has 0 saturated carbocycles. The Morgan fingerprint density at radius 1 is 1.22 bits per heavy atom. The lowest BCUT2D eigenvalue weighted by Gasteiger charge is -2.18. The van der Waals surface area contributed by atoms with Gasteiger partial charge in [0.15, 0.2) is 17.5 Å². The van der Waals surface area contributed by atoms with Gasteiger partial charge in [-0.3, -0.25) is 14.0 Å². The number of methoxy groups -OCH3 is 1.